The minimum Gasteiger partial charge on any atom is -0.233 e. The predicted molar refractivity (Wildman–Crippen MR) is 77.4 cm³/mol. The standard InChI is InChI=1S/C12H8ClN3S2/c1-17-12-11-10(14-6-15-12)9(16-18-11)7-2-4-8(13)5-3-7/h2-6H,1H3. The molecule has 90 valence electrons. The van der Waals surface area contributed by atoms with Crippen LogP contribution in [-0.2, 0) is 0 Å². The van der Waals surface area contributed by atoms with Crippen LogP contribution in [0.15, 0.2) is 35.6 Å². The molecular weight excluding hydrogens is 286 g/mol. The Morgan fingerprint density at radius 1 is 1.17 bits per heavy atom. The number of nitrogens with zero attached hydrogens (tertiary/aromatic N) is 3. The third-order valence-corrected chi connectivity index (χ3v) is 4.46. The van der Waals surface area contributed by atoms with Gasteiger partial charge in [-0.05, 0) is 29.9 Å². The predicted octanol–water partition coefficient (Wildman–Crippen LogP) is 4.13. The zero-order chi connectivity index (χ0) is 12.5. The number of fused-ring (bicyclic) bond motifs is 1. The number of hydrogen-bond acceptors (Lipinski definition) is 5. The Morgan fingerprint density at radius 2 is 1.94 bits per heavy atom. The maximum absolute atomic E-state index is 5.89. The highest BCUT2D eigenvalue weighted by molar-refractivity contribution is 7.98. The first kappa shape index (κ1) is 11.9. The zero-order valence-corrected chi connectivity index (χ0v) is 11.8. The smallest absolute Gasteiger partial charge is 0.119 e. The van der Waals surface area contributed by atoms with E-state index in [1.54, 1.807) is 18.1 Å². The van der Waals surface area contributed by atoms with Gasteiger partial charge < -0.3 is 0 Å². The summed E-state index contributed by atoms with van der Waals surface area (Å²) < 4.78 is 5.52. The summed E-state index contributed by atoms with van der Waals surface area (Å²) in [6.07, 6.45) is 3.59. The highest BCUT2D eigenvalue weighted by Gasteiger charge is 2.13. The van der Waals surface area contributed by atoms with Crippen LogP contribution in [0.3, 0.4) is 0 Å². The van der Waals surface area contributed by atoms with Crippen molar-refractivity contribution in [3.8, 4) is 11.3 Å². The second-order valence-corrected chi connectivity index (χ2v) is 5.60. The second-order valence-electron chi connectivity index (χ2n) is 3.60. The summed E-state index contributed by atoms with van der Waals surface area (Å²) in [5.41, 5.74) is 2.82. The molecule has 0 bridgehead atoms. The molecule has 3 nitrogen and oxygen atoms in total. The van der Waals surface area contributed by atoms with Gasteiger partial charge in [-0.15, -0.1) is 11.8 Å². The second kappa shape index (κ2) is 4.84. The molecule has 0 aliphatic heterocycles. The Hall–Kier alpha value is -1.17. The van der Waals surface area contributed by atoms with E-state index in [4.69, 9.17) is 11.6 Å². The van der Waals surface area contributed by atoms with Crippen LogP contribution in [0.5, 0.6) is 0 Å². The van der Waals surface area contributed by atoms with Crippen LogP contribution in [0.2, 0.25) is 5.02 Å². The van der Waals surface area contributed by atoms with Crippen molar-refractivity contribution in [3.05, 3.63) is 35.6 Å². The molecular formula is C12H8ClN3S2. The van der Waals surface area contributed by atoms with Crippen molar-refractivity contribution >= 4 is 45.1 Å². The van der Waals surface area contributed by atoms with Gasteiger partial charge in [0.1, 0.15) is 27.3 Å². The first-order chi connectivity index (χ1) is 8.79. The third kappa shape index (κ3) is 1.98. The fourth-order valence-electron chi connectivity index (χ4n) is 1.69. The molecule has 0 spiro atoms. The summed E-state index contributed by atoms with van der Waals surface area (Å²) in [4.78, 5) is 8.59. The van der Waals surface area contributed by atoms with E-state index < -0.39 is 0 Å². The molecule has 0 N–H and O–H groups in total. The minimum atomic E-state index is 0.720. The normalized spacial score (nSPS) is 11.0. The van der Waals surface area contributed by atoms with Gasteiger partial charge in [-0.25, -0.2) is 9.97 Å². The summed E-state index contributed by atoms with van der Waals surface area (Å²) in [5.74, 6) is 0. The van der Waals surface area contributed by atoms with Gasteiger partial charge in [0.05, 0.1) is 0 Å². The lowest BCUT2D eigenvalue weighted by atomic mass is 10.1. The van der Waals surface area contributed by atoms with Gasteiger partial charge in [0.15, 0.2) is 0 Å². The topological polar surface area (TPSA) is 38.7 Å². The van der Waals surface area contributed by atoms with Gasteiger partial charge in [0, 0.05) is 10.6 Å². The van der Waals surface area contributed by atoms with Gasteiger partial charge in [-0.2, -0.15) is 4.37 Å². The number of halogens is 1. The van der Waals surface area contributed by atoms with Crippen molar-refractivity contribution in [3.63, 3.8) is 0 Å². The van der Waals surface area contributed by atoms with Gasteiger partial charge >= 0.3 is 0 Å². The van der Waals surface area contributed by atoms with Crippen LogP contribution in [-0.4, -0.2) is 20.6 Å². The van der Waals surface area contributed by atoms with Crippen LogP contribution in [0.1, 0.15) is 0 Å². The fraction of sp³-hybridized carbons (Fsp3) is 0.0833. The van der Waals surface area contributed by atoms with Gasteiger partial charge in [-0.1, -0.05) is 23.7 Å². The third-order valence-electron chi connectivity index (χ3n) is 2.53. The Kier molecular flexibility index (Phi) is 3.20. The maximum Gasteiger partial charge on any atom is 0.119 e. The lowest BCUT2D eigenvalue weighted by Crippen LogP contribution is -1.84. The molecule has 0 saturated heterocycles. The highest BCUT2D eigenvalue weighted by atomic mass is 35.5. The average Bonchev–Trinajstić information content (AvgIpc) is 2.83. The van der Waals surface area contributed by atoms with Crippen LogP contribution in [0.4, 0.5) is 0 Å². The molecule has 2 heterocycles. The number of hydrogen-bond donors (Lipinski definition) is 0. The van der Waals surface area contributed by atoms with Gasteiger partial charge in [0.2, 0.25) is 0 Å². The van der Waals surface area contributed by atoms with Crippen molar-refractivity contribution in [1.82, 2.24) is 14.3 Å². The molecule has 3 rings (SSSR count). The molecule has 0 aliphatic carbocycles. The lowest BCUT2D eigenvalue weighted by Gasteiger charge is -1.99. The Balaban J connectivity index is 2.21. The summed E-state index contributed by atoms with van der Waals surface area (Å²) in [6, 6.07) is 7.63. The Morgan fingerprint density at radius 3 is 2.67 bits per heavy atom. The van der Waals surface area contributed by atoms with Crippen molar-refractivity contribution in [2.45, 2.75) is 5.03 Å². The van der Waals surface area contributed by atoms with E-state index in [0.29, 0.717) is 0 Å². The van der Waals surface area contributed by atoms with E-state index in [-0.39, 0.29) is 0 Å². The molecule has 0 saturated carbocycles. The van der Waals surface area contributed by atoms with Crippen molar-refractivity contribution in [2.75, 3.05) is 6.26 Å². The molecule has 18 heavy (non-hydrogen) atoms. The quantitative estimate of drug-likeness (QED) is 0.526. The number of rotatable bonds is 2. The summed E-state index contributed by atoms with van der Waals surface area (Å²) in [5, 5.41) is 1.69. The van der Waals surface area contributed by atoms with Crippen LogP contribution in [0, 0.1) is 0 Å². The van der Waals surface area contributed by atoms with E-state index in [2.05, 4.69) is 14.3 Å². The molecule has 0 aliphatic rings. The molecule has 0 atom stereocenters. The molecule has 1 aromatic carbocycles. The zero-order valence-electron chi connectivity index (χ0n) is 9.42. The largest absolute Gasteiger partial charge is 0.233 e. The fourth-order valence-corrected chi connectivity index (χ4v) is 3.35. The van der Waals surface area contributed by atoms with Crippen LogP contribution < -0.4 is 0 Å². The van der Waals surface area contributed by atoms with Crippen molar-refractivity contribution in [2.24, 2.45) is 0 Å². The summed E-state index contributed by atoms with van der Waals surface area (Å²) >= 11 is 8.94. The minimum absolute atomic E-state index is 0.720. The Labute approximate surface area is 117 Å². The van der Waals surface area contributed by atoms with E-state index in [1.165, 1.54) is 11.5 Å². The van der Waals surface area contributed by atoms with E-state index in [0.717, 1.165) is 31.5 Å². The van der Waals surface area contributed by atoms with Crippen LogP contribution in [0.25, 0.3) is 21.5 Å². The maximum atomic E-state index is 5.89. The van der Waals surface area contributed by atoms with Crippen LogP contribution >= 0.6 is 34.9 Å². The number of aromatic nitrogens is 3. The first-order valence-electron chi connectivity index (χ1n) is 5.20. The molecule has 6 heteroatoms. The van der Waals surface area contributed by atoms with E-state index >= 15 is 0 Å². The average molecular weight is 294 g/mol. The lowest BCUT2D eigenvalue weighted by molar-refractivity contribution is 1.11. The Bertz CT molecular complexity index is 694. The molecule has 0 radical (unpaired) electrons. The molecule has 0 amide bonds. The summed E-state index contributed by atoms with van der Waals surface area (Å²) in [7, 11) is 0. The summed E-state index contributed by atoms with van der Waals surface area (Å²) in [6.45, 7) is 0. The van der Waals surface area contributed by atoms with Gasteiger partial charge in [-0.3, -0.25) is 0 Å². The van der Waals surface area contributed by atoms with E-state index in [9.17, 15) is 0 Å². The number of benzene rings is 1. The molecule has 2 aromatic heterocycles. The molecule has 3 aromatic rings. The highest BCUT2D eigenvalue weighted by Crippen LogP contribution is 2.33. The van der Waals surface area contributed by atoms with Crippen molar-refractivity contribution < 1.29 is 0 Å². The van der Waals surface area contributed by atoms with E-state index in [1.807, 2.05) is 30.5 Å². The monoisotopic (exact) mass is 293 g/mol. The van der Waals surface area contributed by atoms with Gasteiger partial charge in [0.25, 0.3) is 0 Å². The molecule has 0 unspecified atom stereocenters. The first-order valence-corrected chi connectivity index (χ1v) is 7.57. The van der Waals surface area contributed by atoms with Crippen molar-refractivity contribution in [1.29, 1.82) is 0 Å². The molecule has 0 fully saturated rings. The number of thioether (sulfide) groups is 1. The SMILES string of the molecule is CSc1ncnc2c(-c3ccc(Cl)cc3)nsc12.